The van der Waals surface area contributed by atoms with Crippen LogP contribution in [-0.2, 0) is 19.0 Å². The van der Waals surface area contributed by atoms with Gasteiger partial charge in [-0.15, -0.1) is 0 Å². The Morgan fingerprint density at radius 3 is 2.20 bits per heavy atom. The number of rotatable bonds is 0. The van der Waals surface area contributed by atoms with Crippen molar-refractivity contribution in [3.8, 4) is 0 Å². The van der Waals surface area contributed by atoms with Gasteiger partial charge < -0.3 is 14.2 Å². The lowest BCUT2D eigenvalue weighted by molar-refractivity contribution is -0.148. The molecule has 0 amide bonds. The van der Waals surface area contributed by atoms with E-state index in [1.807, 2.05) is 0 Å². The molecule has 6 aliphatic rings. The fraction of sp³-hybridized carbons (Fsp3) is 0.938. The van der Waals surface area contributed by atoms with Crippen LogP contribution in [-0.4, -0.2) is 36.5 Å². The first kappa shape index (κ1) is 11.0. The Kier molecular flexibility index (Phi) is 1.63. The highest BCUT2D eigenvalue weighted by Gasteiger charge is 2.76. The van der Waals surface area contributed by atoms with E-state index in [0.717, 1.165) is 45.3 Å². The topological polar surface area (TPSA) is 51.4 Å². The predicted octanol–water partition coefficient (Wildman–Crippen LogP) is 1.67. The van der Waals surface area contributed by atoms with Crippen LogP contribution in [0.25, 0.3) is 0 Å². The Morgan fingerprint density at radius 1 is 0.900 bits per heavy atom. The van der Waals surface area contributed by atoms with Crippen LogP contribution < -0.4 is 0 Å². The quantitative estimate of drug-likeness (QED) is 0.499. The van der Waals surface area contributed by atoms with Crippen molar-refractivity contribution < 1.29 is 19.0 Å². The van der Waals surface area contributed by atoms with Crippen molar-refractivity contribution in [2.45, 2.75) is 55.8 Å². The largest absolute Gasteiger partial charge is 0.461 e. The van der Waals surface area contributed by atoms with Crippen molar-refractivity contribution in [2.75, 3.05) is 13.2 Å². The highest BCUT2D eigenvalue weighted by atomic mass is 16.6. The van der Waals surface area contributed by atoms with E-state index < -0.39 is 0 Å². The van der Waals surface area contributed by atoms with Crippen LogP contribution in [0.3, 0.4) is 0 Å². The first-order chi connectivity index (χ1) is 9.69. The van der Waals surface area contributed by atoms with Gasteiger partial charge in [-0.05, 0) is 44.4 Å². The number of hydrogen-bond donors (Lipinski definition) is 0. The monoisotopic (exact) mass is 276 g/mol. The molecule has 3 spiro atoms. The second kappa shape index (κ2) is 2.95. The number of carbonyl (C=O) groups excluding carboxylic acids is 1. The summed E-state index contributed by atoms with van der Waals surface area (Å²) in [6.45, 7) is 1.79. The number of carbonyl (C=O) groups is 1. The van der Waals surface area contributed by atoms with Crippen molar-refractivity contribution in [3.63, 3.8) is 0 Å². The fourth-order valence-electron chi connectivity index (χ4n) is 5.96. The Hall–Kier alpha value is -0.610. The zero-order valence-electron chi connectivity index (χ0n) is 11.6. The third-order valence-corrected chi connectivity index (χ3v) is 7.40. The van der Waals surface area contributed by atoms with Crippen LogP contribution in [0.4, 0.5) is 0 Å². The third kappa shape index (κ3) is 1.06. The van der Waals surface area contributed by atoms with E-state index in [-0.39, 0.29) is 28.7 Å². The van der Waals surface area contributed by atoms with E-state index in [0.29, 0.717) is 17.8 Å². The van der Waals surface area contributed by atoms with Crippen molar-refractivity contribution in [3.05, 3.63) is 0 Å². The molecule has 3 aliphatic heterocycles. The first-order valence-corrected chi connectivity index (χ1v) is 8.18. The molecule has 6 fully saturated rings. The third-order valence-electron chi connectivity index (χ3n) is 7.40. The minimum Gasteiger partial charge on any atom is -0.461 e. The van der Waals surface area contributed by atoms with E-state index in [4.69, 9.17) is 14.2 Å². The molecular formula is C16H20O4. The van der Waals surface area contributed by atoms with Crippen LogP contribution >= 0.6 is 0 Å². The summed E-state index contributed by atoms with van der Waals surface area (Å²) in [5.74, 6) is 1.50. The summed E-state index contributed by atoms with van der Waals surface area (Å²) >= 11 is 0. The molecule has 0 aromatic rings. The van der Waals surface area contributed by atoms with Gasteiger partial charge >= 0.3 is 5.97 Å². The lowest BCUT2D eigenvalue weighted by Gasteiger charge is -2.30. The van der Waals surface area contributed by atoms with Crippen LogP contribution in [0, 0.1) is 23.2 Å². The second-order valence-corrected chi connectivity index (χ2v) is 8.05. The molecule has 3 saturated carbocycles. The van der Waals surface area contributed by atoms with Gasteiger partial charge in [0.05, 0.1) is 29.8 Å². The van der Waals surface area contributed by atoms with Crippen LogP contribution in [0.2, 0.25) is 0 Å². The van der Waals surface area contributed by atoms with Crippen LogP contribution in [0.15, 0.2) is 0 Å². The molecule has 20 heavy (non-hydrogen) atoms. The summed E-state index contributed by atoms with van der Waals surface area (Å²) in [6.07, 6.45) is 6.78. The summed E-state index contributed by atoms with van der Waals surface area (Å²) in [6, 6.07) is 0. The molecule has 0 aromatic heterocycles. The van der Waals surface area contributed by atoms with Gasteiger partial charge in [0.15, 0.2) is 0 Å². The number of hydrogen-bond acceptors (Lipinski definition) is 4. The van der Waals surface area contributed by atoms with E-state index in [1.165, 1.54) is 6.42 Å². The van der Waals surface area contributed by atoms with Gasteiger partial charge in [-0.3, -0.25) is 4.79 Å². The summed E-state index contributed by atoms with van der Waals surface area (Å²) in [4.78, 5) is 12.3. The lowest BCUT2D eigenvalue weighted by atomic mass is 9.75. The van der Waals surface area contributed by atoms with E-state index in [2.05, 4.69) is 0 Å². The maximum atomic E-state index is 12.3. The summed E-state index contributed by atoms with van der Waals surface area (Å²) in [5.41, 5.74) is 0.0544. The molecule has 4 nitrogen and oxygen atoms in total. The molecule has 6 atom stereocenters. The van der Waals surface area contributed by atoms with Gasteiger partial charge in [0.2, 0.25) is 0 Å². The van der Waals surface area contributed by atoms with Gasteiger partial charge in [-0.1, -0.05) is 0 Å². The highest BCUT2D eigenvalue weighted by molar-refractivity contribution is 5.82. The average Bonchev–Trinajstić information content (AvgIpc) is 3.26. The van der Waals surface area contributed by atoms with Gasteiger partial charge in [-0.2, -0.15) is 0 Å². The maximum Gasteiger partial charge on any atom is 0.312 e. The van der Waals surface area contributed by atoms with Crippen molar-refractivity contribution in [1.29, 1.82) is 0 Å². The predicted molar refractivity (Wildman–Crippen MR) is 67.9 cm³/mol. The van der Waals surface area contributed by atoms with Crippen LogP contribution in [0.5, 0.6) is 0 Å². The smallest absolute Gasteiger partial charge is 0.312 e. The number of epoxide rings is 2. The zero-order valence-corrected chi connectivity index (χ0v) is 11.6. The van der Waals surface area contributed by atoms with Gasteiger partial charge in [0, 0.05) is 11.8 Å². The van der Waals surface area contributed by atoms with Gasteiger partial charge in [-0.25, -0.2) is 0 Å². The molecule has 108 valence electrons. The number of esters is 1. The molecule has 4 heteroatoms. The molecule has 6 rings (SSSR count). The SMILES string of the molecule is O=C1O[C@@H]2[C@@H]3[C@@H](CC[C@]34CO4)C3(CC[C@H]2C12CC2)CO3. The molecule has 3 aliphatic carbocycles. The Bertz CT molecular complexity index is 515. The van der Waals surface area contributed by atoms with Crippen molar-refractivity contribution >= 4 is 5.97 Å². The Balaban J connectivity index is 1.47. The molecule has 0 N–H and O–H groups in total. The maximum absolute atomic E-state index is 12.3. The average molecular weight is 276 g/mol. The zero-order chi connectivity index (χ0) is 13.2. The summed E-state index contributed by atoms with van der Waals surface area (Å²) < 4.78 is 17.8. The van der Waals surface area contributed by atoms with Crippen LogP contribution in [0.1, 0.15) is 38.5 Å². The van der Waals surface area contributed by atoms with Gasteiger partial charge in [0.25, 0.3) is 0 Å². The number of fused-ring (bicyclic) bond motifs is 6. The summed E-state index contributed by atoms with van der Waals surface area (Å²) in [5, 5.41) is 0. The minimum atomic E-state index is -0.103. The summed E-state index contributed by atoms with van der Waals surface area (Å²) in [7, 11) is 0. The molecule has 0 radical (unpaired) electrons. The van der Waals surface area contributed by atoms with E-state index >= 15 is 0 Å². The second-order valence-electron chi connectivity index (χ2n) is 8.05. The molecule has 3 heterocycles. The lowest BCUT2D eigenvalue weighted by Crippen LogP contribution is -2.40. The normalized spacial score (nSPS) is 60.3. The first-order valence-electron chi connectivity index (χ1n) is 8.18. The molecule has 3 saturated heterocycles. The van der Waals surface area contributed by atoms with Gasteiger partial charge in [0.1, 0.15) is 6.10 Å². The van der Waals surface area contributed by atoms with E-state index in [9.17, 15) is 4.79 Å². The fourth-order valence-corrected chi connectivity index (χ4v) is 5.96. The molecule has 0 aromatic carbocycles. The molecular weight excluding hydrogens is 256 g/mol. The Labute approximate surface area is 118 Å². The highest BCUT2D eigenvalue weighted by Crippen LogP contribution is 2.69. The molecule has 0 bridgehead atoms. The van der Waals surface area contributed by atoms with E-state index in [1.54, 1.807) is 0 Å². The number of ether oxygens (including phenoxy) is 3. The standard InChI is InChI=1S/C16H20O4/c17-13-14(5-6-14)10-2-3-15(7-18-15)9-1-4-16(8-19-16)11(9)12(10)20-13/h9-12H,1-8H2/t9-,10-,11+,12+,15?,16+/m1/s1. The van der Waals surface area contributed by atoms with Crippen molar-refractivity contribution in [1.82, 2.24) is 0 Å². The minimum absolute atomic E-state index is 0.0393. The molecule has 1 unspecified atom stereocenters. The van der Waals surface area contributed by atoms with Crippen molar-refractivity contribution in [2.24, 2.45) is 23.2 Å². The Morgan fingerprint density at radius 2 is 1.55 bits per heavy atom.